The van der Waals surface area contributed by atoms with Gasteiger partial charge >= 0.3 is 11.9 Å². The fraction of sp³-hybridized carbons (Fsp3) is 0.667. The number of aliphatic hydroxyl groups is 1. The molecule has 0 aromatic heterocycles. The zero-order valence-corrected chi connectivity index (χ0v) is 14.4. The van der Waals surface area contributed by atoms with Crippen LogP contribution in [-0.4, -0.2) is 68.1 Å². The maximum atomic E-state index is 11.8. The predicted molar refractivity (Wildman–Crippen MR) is 85.3 cm³/mol. The molecule has 1 rings (SSSR count). The number of rotatable bonds is 10. The van der Waals surface area contributed by atoms with Gasteiger partial charge in [0.05, 0.1) is 45.7 Å². The molecule has 0 aromatic carbocycles. The number of ether oxygens (including phenoxy) is 4. The van der Waals surface area contributed by atoms with Crippen LogP contribution in [0.4, 0.5) is 0 Å². The molecule has 0 aliphatic carbocycles. The standard InChI is InChI=1S/C15H24N2O8/c1-3-22-12(19)9-11(13(20)23-4-2)25-17-14(16)15(24-8-6-18)5-7-21-10-15/h9,18H,3-8,10H2,1-2H3,(H2,16,17). The van der Waals surface area contributed by atoms with Crippen LogP contribution in [0, 0.1) is 0 Å². The predicted octanol–water partition coefficient (Wildman–Crippen LogP) is -0.547. The van der Waals surface area contributed by atoms with Crippen LogP contribution in [0.15, 0.2) is 17.0 Å². The molecule has 0 bridgehead atoms. The fourth-order valence-corrected chi connectivity index (χ4v) is 1.97. The number of hydrogen-bond donors (Lipinski definition) is 2. The molecule has 3 N–H and O–H groups in total. The molecule has 1 aliphatic heterocycles. The Morgan fingerprint density at radius 2 is 2.04 bits per heavy atom. The Labute approximate surface area is 145 Å². The van der Waals surface area contributed by atoms with Gasteiger partial charge < -0.3 is 34.6 Å². The molecule has 1 atom stereocenters. The Balaban J connectivity index is 2.92. The average molecular weight is 360 g/mol. The molecule has 0 amide bonds. The molecule has 0 radical (unpaired) electrons. The van der Waals surface area contributed by atoms with E-state index in [1.165, 1.54) is 0 Å². The topological polar surface area (TPSA) is 139 Å². The van der Waals surface area contributed by atoms with Gasteiger partial charge in [-0.15, -0.1) is 0 Å². The molecular weight excluding hydrogens is 336 g/mol. The van der Waals surface area contributed by atoms with Gasteiger partial charge in [0.15, 0.2) is 11.4 Å². The second-order valence-electron chi connectivity index (χ2n) is 4.92. The van der Waals surface area contributed by atoms with E-state index in [1.807, 2.05) is 0 Å². The minimum absolute atomic E-state index is 0.0307. The normalized spacial score (nSPS) is 21.1. The van der Waals surface area contributed by atoms with Crippen molar-refractivity contribution >= 4 is 17.8 Å². The molecule has 1 saturated heterocycles. The van der Waals surface area contributed by atoms with Gasteiger partial charge in [0, 0.05) is 6.42 Å². The number of amidine groups is 1. The summed E-state index contributed by atoms with van der Waals surface area (Å²) >= 11 is 0. The second-order valence-corrected chi connectivity index (χ2v) is 4.92. The van der Waals surface area contributed by atoms with Crippen molar-refractivity contribution in [2.24, 2.45) is 10.9 Å². The summed E-state index contributed by atoms with van der Waals surface area (Å²) < 4.78 is 20.3. The zero-order valence-electron chi connectivity index (χ0n) is 14.4. The van der Waals surface area contributed by atoms with Gasteiger partial charge in [0.1, 0.15) is 0 Å². The lowest BCUT2D eigenvalue weighted by molar-refractivity contribution is -0.144. The van der Waals surface area contributed by atoms with E-state index in [2.05, 4.69) is 5.16 Å². The lowest BCUT2D eigenvalue weighted by Crippen LogP contribution is -2.47. The van der Waals surface area contributed by atoms with E-state index in [4.69, 9.17) is 34.6 Å². The number of esters is 2. The summed E-state index contributed by atoms with van der Waals surface area (Å²) in [6, 6.07) is 0. The molecule has 1 fully saturated rings. The van der Waals surface area contributed by atoms with Gasteiger partial charge in [0.25, 0.3) is 0 Å². The van der Waals surface area contributed by atoms with Gasteiger partial charge in [0.2, 0.25) is 5.76 Å². The van der Waals surface area contributed by atoms with Crippen molar-refractivity contribution in [3.05, 3.63) is 11.8 Å². The van der Waals surface area contributed by atoms with Crippen molar-refractivity contribution in [1.29, 1.82) is 0 Å². The third kappa shape index (κ3) is 6.33. The highest BCUT2D eigenvalue weighted by molar-refractivity contribution is 5.95. The van der Waals surface area contributed by atoms with Crippen molar-refractivity contribution in [3.8, 4) is 0 Å². The smallest absolute Gasteiger partial charge is 0.377 e. The van der Waals surface area contributed by atoms with Crippen LogP contribution in [0.5, 0.6) is 0 Å². The van der Waals surface area contributed by atoms with Gasteiger partial charge in [-0.3, -0.25) is 0 Å². The van der Waals surface area contributed by atoms with E-state index in [0.717, 1.165) is 6.08 Å². The van der Waals surface area contributed by atoms with Gasteiger partial charge in [-0.25, -0.2) is 9.59 Å². The Morgan fingerprint density at radius 3 is 2.60 bits per heavy atom. The average Bonchev–Trinajstić information content (AvgIpc) is 3.07. The summed E-state index contributed by atoms with van der Waals surface area (Å²) in [7, 11) is 0. The molecule has 10 heteroatoms. The minimum atomic E-state index is -1.06. The van der Waals surface area contributed by atoms with E-state index >= 15 is 0 Å². The number of carbonyl (C=O) groups is 2. The van der Waals surface area contributed by atoms with E-state index in [-0.39, 0.29) is 38.9 Å². The summed E-state index contributed by atoms with van der Waals surface area (Å²) in [6.07, 6.45) is 1.23. The largest absolute Gasteiger partial charge is 0.463 e. The number of nitrogens with zero attached hydrogens (tertiary/aromatic N) is 1. The number of oxime groups is 1. The van der Waals surface area contributed by atoms with E-state index in [0.29, 0.717) is 13.0 Å². The van der Waals surface area contributed by atoms with Crippen LogP contribution >= 0.6 is 0 Å². The van der Waals surface area contributed by atoms with Crippen LogP contribution < -0.4 is 5.73 Å². The van der Waals surface area contributed by atoms with Crippen molar-refractivity contribution in [1.82, 2.24) is 0 Å². The second kappa shape index (κ2) is 10.6. The summed E-state index contributed by atoms with van der Waals surface area (Å²) in [4.78, 5) is 28.4. The Hall–Kier alpha value is -2.17. The fourth-order valence-electron chi connectivity index (χ4n) is 1.97. The minimum Gasteiger partial charge on any atom is -0.463 e. The van der Waals surface area contributed by atoms with Crippen molar-refractivity contribution in [2.75, 3.05) is 39.6 Å². The van der Waals surface area contributed by atoms with Crippen molar-refractivity contribution in [3.63, 3.8) is 0 Å². The summed E-state index contributed by atoms with van der Waals surface area (Å²) in [5.41, 5.74) is 4.85. The van der Waals surface area contributed by atoms with Crippen LogP contribution in [0.1, 0.15) is 20.3 Å². The summed E-state index contributed by atoms with van der Waals surface area (Å²) in [5, 5.41) is 12.6. The van der Waals surface area contributed by atoms with Crippen LogP contribution in [0.25, 0.3) is 0 Å². The maximum absolute atomic E-state index is 11.8. The van der Waals surface area contributed by atoms with Gasteiger partial charge in [-0.2, -0.15) is 0 Å². The van der Waals surface area contributed by atoms with Gasteiger partial charge in [-0.05, 0) is 13.8 Å². The highest BCUT2D eigenvalue weighted by atomic mass is 16.7. The first-order valence-electron chi connectivity index (χ1n) is 7.88. The monoisotopic (exact) mass is 360 g/mol. The lowest BCUT2D eigenvalue weighted by atomic mass is 10.0. The lowest BCUT2D eigenvalue weighted by Gasteiger charge is -2.26. The van der Waals surface area contributed by atoms with Crippen molar-refractivity contribution < 1.29 is 38.5 Å². The molecule has 0 spiro atoms. The Bertz CT molecular complexity index is 512. The zero-order chi connectivity index (χ0) is 18.7. The van der Waals surface area contributed by atoms with E-state index in [1.54, 1.807) is 13.8 Å². The first-order chi connectivity index (χ1) is 12.0. The highest BCUT2D eigenvalue weighted by Crippen LogP contribution is 2.24. The number of hydrogen-bond acceptors (Lipinski definition) is 9. The molecule has 1 heterocycles. The van der Waals surface area contributed by atoms with E-state index < -0.39 is 23.3 Å². The first kappa shape index (κ1) is 20.9. The quantitative estimate of drug-likeness (QED) is 0.131. The molecule has 1 aliphatic rings. The summed E-state index contributed by atoms with van der Waals surface area (Å²) in [6.45, 7) is 3.79. The van der Waals surface area contributed by atoms with Crippen molar-refractivity contribution in [2.45, 2.75) is 25.9 Å². The van der Waals surface area contributed by atoms with E-state index in [9.17, 15) is 9.59 Å². The third-order valence-electron chi connectivity index (χ3n) is 3.18. The summed E-state index contributed by atoms with van der Waals surface area (Å²) in [5.74, 6) is -2.23. The van der Waals surface area contributed by atoms with Crippen LogP contribution in [0.3, 0.4) is 0 Å². The number of nitrogens with two attached hydrogens (primary N) is 1. The Morgan fingerprint density at radius 1 is 1.32 bits per heavy atom. The van der Waals surface area contributed by atoms with Crippen LogP contribution in [-0.2, 0) is 33.4 Å². The first-order valence-corrected chi connectivity index (χ1v) is 7.88. The molecule has 0 aromatic rings. The Kier molecular flexibility index (Phi) is 8.89. The molecule has 1 unspecified atom stereocenters. The molecule has 0 saturated carbocycles. The third-order valence-corrected chi connectivity index (χ3v) is 3.18. The molecular formula is C15H24N2O8. The maximum Gasteiger partial charge on any atom is 0.377 e. The molecule has 10 nitrogen and oxygen atoms in total. The molecule has 25 heavy (non-hydrogen) atoms. The number of aliphatic hydroxyl groups excluding tert-OH is 1. The SMILES string of the molecule is CCOC(=O)C=C(ON=C(N)C1(OCCO)CCOC1)C(=O)OCC. The van der Waals surface area contributed by atoms with Gasteiger partial charge in [-0.1, -0.05) is 5.16 Å². The van der Waals surface area contributed by atoms with Crippen LogP contribution in [0.2, 0.25) is 0 Å². The highest BCUT2D eigenvalue weighted by Gasteiger charge is 2.41. The molecule has 142 valence electrons. The number of carbonyl (C=O) groups excluding carboxylic acids is 2.